The molecule has 0 saturated heterocycles. The first-order valence-electron chi connectivity index (χ1n) is 4.99. The maximum Gasteiger partial charge on any atom is 0.129 e. The van der Waals surface area contributed by atoms with Crippen LogP contribution in [0.3, 0.4) is 0 Å². The summed E-state index contributed by atoms with van der Waals surface area (Å²) in [6.07, 6.45) is 0. The van der Waals surface area contributed by atoms with Crippen LogP contribution < -0.4 is 5.73 Å². The quantitative estimate of drug-likeness (QED) is 0.433. The van der Waals surface area contributed by atoms with Crippen LogP contribution in [0.1, 0.15) is 11.1 Å². The molecule has 1 nitrogen and oxygen atoms in total. The number of benzene rings is 1. The fourth-order valence-electron chi connectivity index (χ4n) is 1.13. The van der Waals surface area contributed by atoms with Crippen LogP contribution in [0.4, 0.5) is 5.69 Å². The van der Waals surface area contributed by atoms with E-state index < -0.39 is 8.07 Å². The smallest absolute Gasteiger partial charge is 0.129 e. The SMILES string of the molecule is Cc1c(N)c(C#C[Si](C)(C)C)cc(Br)c1Cl. The molecule has 0 atom stereocenters. The van der Waals surface area contributed by atoms with E-state index in [0.29, 0.717) is 10.7 Å². The Morgan fingerprint density at radius 1 is 1.38 bits per heavy atom. The summed E-state index contributed by atoms with van der Waals surface area (Å²) in [5, 5.41) is 0.663. The van der Waals surface area contributed by atoms with E-state index in [0.717, 1.165) is 15.6 Å². The van der Waals surface area contributed by atoms with E-state index in [1.54, 1.807) is 0 Å². The van der Waals surface area contributed by atoms with Gasteiger partial charge in [-0.3, -0.25) is 0 Å². The highest BCUT2D eigenvalue weighted by molar-refractivity contribution is 9.10. The van der Waals surface area contributed by atoms with Gasteiger partial charge in [0.2, 0.25) is 0 Å². The lowest BCUT2D eigenvalue weighted by atomic mass is 10.1. The number of anilines is 1. The topological polar surface area (TPSA) is 26.0 Å². The van der Waals surface area contributed by atoms with Gasteiger partial charge in [0.15, 0.2) is 0 Å². The lowest BCUT2D eigenvalue weighted by molar-refractivity contribution is 1.43. The molecule has 1 aromatic carbocycles. The molecular formula is C12H15BrClNSi. The van der Waals surface area contributed by atoms with Gasteiger partial charge >= 0.3 is 0 Å². The third-order valence-corrected chi connectivity index (χ3v) is 4.29. The number of halogens is 2. The minimum Gasteiger partial charge on any atom is -0.397 e. The Labute approximate surface area is 112 Å². The van der Waals surface area contributed by atoms with Crippen LogP contribution in [-0.4, -0.2) is 8.07 Å². The van der Waals surface area contributed by atoms with Crippen molar-refractivity contribution in [1.29, 1.82) is 0 Å². The molecule has 0 saturated carbocycles. The zero-order valence-electron chi connectivity index (χ0n) is 9.91. The van der Waals surface area contributed by atoms with E-state index in [1.807, 2.05) is 13.0 Å². The van der Waals surface area contributed by atoms with Crippen LogP contribution in [0.5, 0.6) is 0 Å². The highest BCUT2D eigenvalue weighted by atomic mass is 79.9. The summed E-state index contributed by atoms with van der Waals surface area (Å²) in [6.45, 7) is 8.51. The van der Waals surface area contributed by atoms with Crippen LogP contribution in [0.2, 0.25) is 24.7 Å². The van der Waals surface area contributed by atoms with Gasteiger partial charge in [-0.2, -0.15) is 0 Å². The Hall–Kier alpha value is -0.433. The van der Waals surface area contributed by atoms with Gasteiger partial charge in [-0.05, 0) is 34.5 Å². The molecule has 0 radical (unpaired) electrons. The third kappa shape index (κ3) is 3.28. The second-order valence-corrected chi connectivity index (χ2v) is 10.7. The zero-order chi connectivity index (χ0) is 12.5. The predicted octanol–water partition coefficient (Wildman–Crippen LogP) is 4.22. The van der Waals surface area contributed by atoms with E-state index in [1.165, 1.54) is 0 Å². The molecule has 0 amide bonds. The molecule has 0 spiro atoms. The molecule has 4 heteroatoms. The van der Waals surface area contributed by atoms with Crippen molar-refractivity contribution in [2.24, 2.45) is 0 Å². The molecule has 16 heavy (non-hydrogen) atoms. The average molecular weight is 317 g/mol. The van der Waals surface area contributed by atoms with E-state index >= 15 is 0 Å². The Kier molecular flexibility index (Phi) is 4.11. The first-order chi connectivity index (χ1) is 7.22. The minimum absolute atomic E-state index is 0.663. The number of rotatable bonds is 0. The lowest BCUT2D eigenvalue weighted by Crippen LogP contribution is -2.16. The molecule has 0 aromatic heterocycles. The summed E-state index contributed by atoms with van der Waals surface area (Å²) < 4.78 is 0.848. The van der Waals surface area contributed by atoms with Crippen molar-refractivity contribution in [3.8, 4) is 11.5 Å². The van der Waals surface area contributed by atoms with Crippen molar-refractivity contribution in [2.75, 3.05) is 5.73 Å². The number of nitrogen functional groups attached to an aromatic ring is 1. The van der Waals surface area contributed by atoms with E-state index in [4.69, 9.17) is 17.3 Å². The average Bonchev–Trinajstić information content (AvgIpc) is 2.17. The predicted molar refractivity (Wildman–Crippen MR) is 78.5 cm³/mol. The largest absolute Gasteiger partial charge is 0.397 e. The maximum absolute atomic E-state index is 6.08. The minimum atomic E-state index is -1.38. The molecule has 0 fully saturated rings. The lowest BCUT2D eigenvalue weighted by Gasteiger charge is -2.08. The highest BCUT2D eigenvalue weighted by Gasteiger charge is 2.11. The molecule has 0 aliphatic rings. The van der Waals surface area contributed by atoms with Crippen molar-refractivity contribution < 1.29 is 0 Å². The van der Waals surface area contributed by atoms with Crippen molar-refractivity contribution in [2.45, 2.75) is 26.6 Å². The summed E-state index contributed by atoms with van der Waals surface area (Å²) in [7, 11) is -1.38. The van der Waals surface area contributed by atoms with Crippen LogP contribution in [0.25, 0.3) is 0 Å². The van der Waals surface area contributed by atoms with E-state index in [9.17, 15) is 0 Å². The van der Waals surface area contributed by atoms with Gasteiger partial charge in [-0.25, -0.2) is 0 Å². The number of hydrogen-bond donors (Lipinski definition) is 1. The Morgan fingerprint density at radius 2 is 1.94 bits per heavy atom. The van der Waals surface area contributed by atoms with Crippen molar-refractivity contribution >= 4 is 41.3 Å². The molecular weight excluding hydrogens is 302 g/mol. The molecule has 0 aliphatic carbocycles. The summed E-state index contributed by atoms with van der Waals surface area (Å²) in [6, 6.07) is 1.89. The number of nitrogens with two attached hydrogens (primary N) is 1. The highest BCUT2D eigenvalue weighted by Crippen LogP contribution is 2.32. The van der Waals surface area contributed by atoms with Crippen LogP contribution >= 0.6 is 27.5 Å². The van der Waals surface area contributed by atoms with Crippen molar-refractivity contribution in [3.05, 3.63) is 26.7 Å². The molecule has 0 heterocycles. The standard InChI is InChI=1S/C12H15BrClNSi/c1-8-11(14)10(13)7-9(12(8)15)5-6-16(2,3)4/h7H,15H2,1-4H3. The van der Waals surface area contributed by atoms with Gasteiger partial charge in [0.25, 0.3) is 0 Å². The van der Waals surface area contributed by atoms with Gasteiger partial charge in [-0.15, -0.1) is 5.54 Å². The second kappa shape index (κ2) is 4.83. The Bertz CT molecular complexity index is 481. The second-order valence-electron chi connectivity index (χ2n) is 4.76. The summed E-state index contributed by atoms with van der Waals surface area (Å²) in [5.74, 6) is 3.16. The van der Waals surface area contributed by atoms with Crippen LogP contribution in [-0.2, 0) is 0 Å². The fourth-order valence-corrected chi connectivity index (χ4v) is 2.32. The maximum atomic E-state index is 6.08. The molecule has 1 aromatic rings. The van der Waals surface area contributed by atoms with E-state index in [-0.39, 0.29) is 0 Å². The monoisotopic (exact) mass is 315 g/mol. The first-order valence-corrected chi connectivity index (χ1v) is 9.66. The summed E-state index contributed by atoms with van der Waals surface area (Å²) in [4.78, 5) is 0. The van der Waals surface area contributed by atoms with E-state index in [2.05, 4.69) is 47.0 Å². The third-order valence-electron chi connectivity index (χ3n) is 2.08. The van der Waals surface area contributed by atoms with Crippen molar-refractivity contribution in [1.82, 2.24) is 0 Å². The Balaban J connectivity index is 3.31. The zero-order valence-corrected chi connectivity index (χ0v) is 13.3. The van der Waals surface area contributed by atoms with Gasteiger partial charge in [0.05, 0.1) is 10.7 Å². The summed E-state index contributed by atoms with van der Waals surface area (Å²) >= 11 is 9.49. The molecule has 0 unspecified atom stereocenters. The van der Waals surface area contributed by atoms with Crippen LogP contribution in [0.15, 0.2) is 10.5 Å². The first kappa shape index (κ1) is 13.6. The van der Waals surface area contributed by atoms with Crippen molar-refractivity contribution in [3.63, 3.8) is 0 Å². The van der Waals surface area contributed by atoms with Gasteiger partial charge < -0.3 is 5.73 Å². The molecule has 2 N–H and O–H groups in total. The molecule has 86 valence electrons. The Morgan fingerprint density at radius 3 is 2.44 bits per heavy atom. The van der Waals surface area contributed by atoms with Gasteiger partial charge in [0.1, 0.15) is 8.07 Å². The molecule has 1 rings (SSSR count). The van der Waals surface area contributed by atoms with Crippen LogP contribution in [0, 0.1) is 18.4 Å². The summed E-state index contributed by atoms with van der Waals surface area (Å²) in [5.41, 5.74) is 11.7. The molecule has 0 aliphatic heterocycles. The number of hydrogen-bond acceptors (Lipinski definition) is 1. The van der Waals surface area contributed by atoms with Gasteiger partial charge in [0, 0.05) is 10.0 Å². The normalized spacial score (nSPS) is 10.9. The fraction of sp³-hybridized carbons (Fsp3) is 0.333. The molecule has 0 bridgehead atoms. The van der Waals surface area contributed by atoms with Gasteiger partial charge in [-0.1, -0.05) is 37.2 Å².